The highest BCUT2D eigenvalue weighted by Crippen LogP contribution is 2.40. The molecule has 0 saturated heterocycles. The molecular weight excluding hydrogens is 1120 g/mol. The number of carbonyl (C=O) groups excluding carboxylic acids is 6. The van der Waals surface area contributed by atoms with Crippen molar-refractivity contribution in [3.8, 4) is 43.4 Å². The van der Waals surface area contributed by atoms with Crippen molar-refractivity contribution in [2.45, 2.75) is 57.9 Å². The van der Waals surface area contributed by atoms with Crippen LogP contribution in [0.2, 0.25) is 0 Å². The maximum atomic E-state index is 14.1. The van der Waals surface area contributed by atoms with Crippen LogP contribution in [0.15, 0.2) is 64.0 Å². The number of benzene rings is 1. The van der Waals surface area contributed by atoms with Crippen LogP contribution in [0.5, 0.6) is 0 Å². The van der Waals surface area contributed by atoms with Gasteiger partial charge >= 0.3 is 5.97 Å². The Morgan fingerprint density at radius 3 is 2.26 bits per heavy atom. The van der Waals surface area contributed by atoms with Crippen molar-refractivity contribution in [2.75, 3.05) is 31.3 Å². The molecule has 402 valence electrons. The summed E-state index contributed by atoms with van der Waals surface area (Å²) < 4.78 is 5.33. The molecule has 8 N–H and O–H groups in total. The number of thiazole rings is 6. The molecule has 0 aliphatic carbocycles. The summed E-state index contributed by atoms with van der Waals surface area (Å²) in [6.45, 7) is 2.70. The molecule has 8 aromatic rings. The number of amides is 6. The van der Waals surface area contributed by atoms with Crippen molar-refractivity contribution in [2.24, 2.45) is 5.92 Å². The highest BCUT2D eigenvalue weighted by Gasteiger charge is 2.31. The van der Waals surface area contributed by atoms with E-state index in [0.717, 1.165) is 34.0 Å². The minimum atomic E-state index is -1.28. The summed E-state index contributed by atoms with van der Waals surface area (Å²) in [6, 6.07) is 10.1. The maximum absolute atomic E-state index is 14.1. The third kappa shape index (κ3) is 12.7. The second-order valence-corrected chi connectivity index (χ2v) is 23.0. The van der Waals surface area contributed by atoms with Gasteiger partial charge in [0, 0.05) is 58.5 Å². The number of aliphatic hydroxyl groups excluding tert-OH is 1. The Bertz CT molecular complexity index is 3570. The number of hydrogen-bond donors (Lipinski definition) is 8. The average molecular weight is 1170 g/mol. The molecule has 0 spiro atoms. The molecule has 6 amide bonds. The summed E-state index contributed by atoms with van der Waals surface area (Å²) in [5.41, 5.74) is 2.43. The number of fused-ring (bicyclic) bond motifs is 14. The van der Waals surface area contributed by atoms with Gasteiger partial charge < -0.3 is 41.5 Å². The molecule has 29 heteroatoms. The summed E-state index contributed by atoms with van der Waals surface area (Å²) in [4.78, 5) is 126. The lowest BCUT2D eigenvalue weighted by Crippen LogP contribution is -2.40. The topological polar surface area (TPSA) is 332 Å². The van der Waals surface area contributed by atoms with Crippen molar-refractivity contribution in [1.29, 1.82) is 0 Å². The van der Waals surface area contributed by atoms with Gasteiger partial charge in [0.15, 0.2) is 5.13 Å². The first kappa shape index (κ1) is 55.1. The normalized spacial score (nSPS) is 15.8. The van der Waals surface area contributed by atoms with E-state index in [1.807, 2.05) is 0 Å². The van der Waals surface area contributed by atoms with Crippen LogP contribution in [0.25, 0.3) is 43.4 Å². The van der Waals surface area contributed by atoms with Crippen molar-refractivity contribution >= 4 is 120 Å². The van der Waals surface area contributed by atoms with Crippen molar-refractivity contribution in [1.82, 2.24) is 56.2 Å². The number of rotatable bonds is 12. The Morgan fingerprint density at radius 2 is 1.49 bits per heavy atom. The number of ether oxygens (including phenoxy) is 1. The molecule has 0 fully saturated rings. The van der Waals surface area contributed by atoms with Gasteiger partial charge in [0.1, 0.15) is 77.2 Å². The van der Waals surface area contributed by atoms with E-state index in [4.69, 9.17) is 29.8 Å². The predicted molar refractivity (Wildman–Crippen MR) is 294 cm³/mol. The molecule has 23 nitrogen and oxygen atoms in total. The first-order chi connectivity index (χ1) is 37.5. The number of hydrogen-bond acceptors (Lipinski definition) is 22. The fourth-order valence-corrected chi connectivity index (χ4v) is 12.9. The average Bonchev–Trinajstić information content (AvgIpc) is 4.37. The highest BCUT2D eigenvalue weighted by molar-refractivity contribution is 7.16. The van der Waals surface area contributed by atoms with Gasteiger partial charge in [-0.15, -0.1) is 56.7 Å². The number of carboxylic acid groups (broad SMARTS) is 1. The Balaban J connectivity index is 1.11. The molecule has 4 atom stereocenters. The van der Waals surface area contributed by atoms with Crippen molar-refractivity contribution < 1.29 is 48.5 Å². The van der Waals surface area contributed by atoms with Crippen molar-refractivity contribution in [3.63, 3.8) is 0 Å². The van der Waals surface area contributed by atoms with E-state index in [2.05, 4.69) is 46.9 Å². The number of aryl methyl sites for hydroxylation is 1. The van der Waals surface area contributed by atoms with E-state index in [-0.39, 0.29) is 64.8 Å². The Kier molecular flexibility index (Phi) is 17.2. The molecule has 9 rings (SSSR count). The molecular formula is C49H45N13O10S6. The summed E-state index contributed by atoms with van der Waals surface area (Å²) in [5.74, 6) is -4.87. The fourth-order valence-electron chi connectivity index (χ4n) is 7.70. The smallest absolute Gasteiger partial charge is 0.303 e. The lowest BCUT2D eigenvalue weighted by atomic mass is 10.0. The quantitative estimate of drug-likeness (QED) is 0.0618. The van der Waals surface area contributed by atoms with Crippen LogP contribution in [0.3, 0.4) is 0 Å². The first-order valence-corrected chi connectivity index (χ1v) is 28.7. The van der Waals surface area contributed by atoms with Gasteiger partial charge in [0.25, 0.3) is 17.7 Å². The lowest BCUT2D eigenvalue weighted by molar-refractivity contribution is -0.137. The number of carboxylic acids is 1. The Morgan fingerprint density at radius 1 is 0.756 bits per heavy atom. The molecule has 1 aromatic carbocycles. The van der Waals surface area contributed by atoms with E-state index in [0.29, 0.717) is 63.7 Å². The number of methoxy groups -OCH3 is 1. The van der Waals surface area contributed by atoms with Gasteiger partial charge in [0.05, 0.1) is 36.2 Å². The summed E-state index contributed by atoms with van der Waals surface area (Å²) in [5, 5.41) is 45.8. The highest BCUT2D eigenvalue weighted by atomic mass is 32.1. The molecule has 10 bridgehead atoms. The third-order valence-electron chi connectivity index (χ3n) is 11.7. The van der Waals surface area contributed by atoms with Crippen molar-refractivity contribution in [3.05, 3.63) is 106 Å². The zero-order valence-electron chi connectivity index (χ0n) is 41.4. The molecule has 78 heavy (non-hydrogen) atoms. The number of anilines is 2. The zero-order chi connectivity index (χ0) is 55.2. The van der Waals surface area contributed by atoms with Gasteiger partial charge in [0.2, 0.25) is 17.7 Å². The largest absolute Gasteiger partial charge is 0.481 e. The lowest BCUT2D eigenvalue weighted by Gasteiger charge is -2.23. The van der Waals surface area contributed by atoms with Gasteiger partial charge in [-0.1, -0.05) is 48.6 Å². The number of aliphatic hydroxyl groups is 1. The number of nitrogens with one attached hydrogen (secondary N) is 6. The number of aromatic nitrogens is 7. The van der Waals surface area contributed by atoms with Crippen LogP contribution >= 0.6 is 68.0 Å². The second-order valence-electron chi connectivity index (χ2n) is 17.2. The van der Waals surface area contributed by atoms with Gasteiger partial charge in [-0.25, -0.2) is 34.9 Å². The Labute approximate surface area is 467 Å². The minimum Gasteiger partial charge on any atom is -0.481 e. The van der Waals surface area contributed by atoms with Crippen LogP contribution in [-0.4, -0.2) is 107 Å². The number of nitrogens with zero attached hydrogens (tertiary/aromatic N) is 7. The van der Waals surface area contributed by atoms with Crippen LogP contribution in [0.4, 0.5) is 10.9 Å². The summed E-state index contributed by atoms with van der Waals surface area (Å²) >= 11 is 6.87. The van der Waals surface area contributed by atoms with Gasteiger partial charge in [-0.3, -0.25) is 38.9 Å². The van der Waals surface area contributed by atoms with Crippen LogP contribution in [0, 0.1) is 12.8 Å². The van der Waals surface area contributed by atoms with Crippen LogP contribution in [-0.2, 0) is 30.5 Å². The Hall–Kier alpha value is -7.64. The molecule has 1 aliphatic heterocycles. The molecule has 0 radical (unpaired) electrons. The number of aliphatic carboxylic acids is 1. The summed E-state index contributed by atoms with van der Waals surface area (Å²) in [7, 11) is 2.88. The second kappa shape index (κ2) is 24.4. The van der Waals surface area contributed by atoms with Crippen LogP contribution in [0.1, 0.15) is 101 Å². The predicted octanol–water partition coefficient (Wildman–Crippen LogP) is 6.88. The SMILES string of the molecule is CNC(=O)C[C@@H]1NC(=O)c2csc(n2)-c2ccc(-c3nc(NC(=O)[C@H](C)CCC(=O)O)cs3)nc2-c2csc(n2)-c2csc(n2)[C@H]([C@@H](O)c2ccccc2)NC(=O)CNC(=O)c2nc(sc2COC)NC(=O)c2nc1sc2C. The summed E-state index contributed by atoms with van der Waals surface area (Å²) in [6.07, 6.45) is -1.54. The van der Waals surface area contributed by atoms with E-state index in [1.165, 1.54) is 48.2 Å². The molecule has 0 unspecified atom stereocenters. The first-order valence-electron chi connectivity index (χ1n) is 23.5. The van der Waals surface area contributed by atoms with Crippen LogP contribution < -0.4 is 31.9 Å². The maximum Gasteiger partial charge on any atom is 0.303 e. The number of carbonyl (C=O) groups is 7. The third-order valence-corrected chi connectivity index (χ3v) is 17.3. The van der Waals surface area contributed by atoms with Gasteiger partial charge in [-0.05, 0) is 31.0 Å². The zero-order valence-corrected chi connectivity index (χ0v) is 46.3. The van der Waals surface area contributed by atoms with E-state index in [9.17, 15) is 38.7 Å². The molecule has 0 saturated carbocycles. The number of pyridine rings is 1. The molecule has 7 aromatic heterocycles. The van der Waals surface area contributed by atoms with E-state index in [1.54, 1.807) is 77.8 Å². The molecule has 1 aliphatic rings. The van der Waals surface area contributed by atoms with Gasteiger partial charge in [-0.2, -0.15) is 0 Å². The van der Waals surface area contributed by atoms with E-state index >= 15 is 0 Å². The fraction of sp³-hybridized carbons (Fsp3) is 0.265. The minimum absolute atomic E-state index is 0.00741. The standard InChI is InChI=1S/C49H45N13O10S6/c1-21(10-13-34(65)66)40(68)57-31-20-76-45(58-31)25-12-11-24-36(52-25)27-17-74-46(54-27)29-19-75-48(56-29)38(39(67)23-8-6-5-7-9-23)59-33(64)15-51-42(70)37-30(16-72-4)78-49(61-37)62-43(71)35-22(2)77-47(60-35)26(14-32(63)50-3)53-41(69)28-18-73-44(24)55-28/h5-9,11-12,17-21,26,38-39,67H,10,13-16H2,1-4H3,(H,50,63)(H,51,70)(H,53,69)(H,57,68)(H,59,64)(H,65,66)(H,61,62,71)/t21-,26+,38+,39+/m1/s1. The monoisotopic (exact) mass is 1170 g/mol. The van der Waals surface area contributed by atoms with E-state index < -0.39 is 66.2 Å². The molecule has 8 heterocycles.